The number of primary amides is 1. The first-order valence-corrected chi connectivity index (χ1v) is 7.48. The van der Waals surface area contributed by atoms with Crippen molar-refractivity contribution in [3.05, 3.63) is 35.7 Å². The number of para-hydroxylation sites is 2. The minimum absolute atomic E-state index is 0.0334. The number of rotatable bonds is 3. The van der Waals surface area contributed by atoms with E-state index in [4.69, 9.17) is 10.5 Å². The van der Waals surface area contributed by atoms with Gasteiger partial charge in [-0.25, -0.2) is 0 Å². The molecule has 0 bridgehead atoms. The van der Waals surface area contributed by atoms with E-state index in [1.165, 1.54) is 18.7 Å². The highest BCUT2D eigenvalue weighted by Crippen LogP contribution is 2.34. The first-order valence-electron chi connectivity index (χ1n) is 7.48. The van der Waals surface area contributed by atoms with Crippen LogP contribution < -0.4 is 21.1 Å². The van der Waals surface area contributed by atoms with E-state index in [2.05, 4.69) is 15.7 Å². The molecule has 4 N–H and O–H groups in total. The molecule has 1 aliphatic rings. The maximum atomic E-state index is 12.8. The summed E-state index contributed by atoms with van der Waals surface area (Å²) in [4.78, 5) is 36.8. The molecule has 9 nitrogen and oxygen atoms in total. The van der Waals surface area contributed by atoms with Crippen LogP contribution >= 0.6 is 0 Å². The zero-order chi connectivity index (χ0) is 18.4. The van der Waals surface area contributed by atoms with Crippen molar-refractivity contribution in [2.75, 3.05) is 10.6 Å². The van der Waals surface area contributed by atoms with Gasteiger partial charge in [0, 0.05) is 7.05 Å². The largest absolute Gasteiger partial charge is 0.466 e. The van der Waals surface area contributed by atoms with Crippen LogP contribution in [0.4, 0.5) is 11.4 Å². The average Bonchev–Trinajstić information content (AvgIpc) is 2.82. The van der Waals surface area contributed by atoms with Crippen molar-refractivity contribution in [2.24, 2.45) is 12.8 Å². The van der Waals surface area contributed by atoms with Crippen molar-refractivity contribution in [1.82, 2.24) is 9.78 Å². The lowest BCUT2D eigenvalue weighted by atomic mass is 10.0. The van der Waals surface area contributed by atoms with E-state index in [0.29, 0.717) is 17.1 Å². The molecule has 0 fully saturated rings. The lowest BCUT2D eigenvalue weighted by molar-refractivity contribution is -0.143. The SMILES string of the molecule is Cc1nn(C)c(C(N)=O)c1NC(=O)[C@]1(C)Oc2ccccc2NC1=O. The molecular weight excluding hydrogens is 326 g/mol. The monoisotopic (exact) mass is 343 g/mol. The van der Waals surface area contributed by atoms with Gasteiger partial charge in [-0.3, -0.25) is 19.1 Å². The molecule has 9 heteroatoms. The van der Waals surface area contributed by atoms with Gasteiger partial charge in [-0.05, 0) is 26.0 Å². The fourth-order valence-electron chi connectivity index (χ4n) is 2.64. The van der Waals surface area contributed by atoms with Gasteiger partial charge in [-0.2, -0.15) is 5.10 Å². The maximum Gasteiger partial charge on any atom is 0.278 e. The highest BCUT2D eigenvalue weighted by atomic mass is 16.5. The molecule has 130 valence electrons. The van der Waals surface area contributed by atoms with Crippen LogP contribution in [0.3, 0.4) is 0 Å². The van der Waals surface area contributed by atoms with E-state index < -0.39 is 23.3 Å². The van der Waals surface area contributed by atoms with Gasteiger partial charge in [0.1, 0.15) is 11.4 Å². The van der Waals surface area contributed by atoms with Crippen molar-refractivity contribution in [3.63, 3.8) is 0 Å². The van der Waals surface area contributed by atoms with Crippen LogP contribution in [-0.4, -0.2) is 33.1 Å². The number of benzene rings is 1. The van der Waals surface area contributed by atoms with Crippen LogP contribution in [0.5, 0.6) is 5.75 Å². The van der Waals surface area contributed by atoms with Crippen LogP contribution in [0, 0.1) is 6.92 Å². The van der Waals surface area contributed by atoms with E-state index in [-0.39, 0.29) is 11.4 Å². The summed E-state index contributed by atoms with van der Waals surface area (Å²) in [5.74, 6) is -1.73. The Bertz CT molecular complexity index is 904. The molecule has 0 saturated heterocycles. The number of fused-ring (bicyclic) bond motifs is 1. The number of ether oxygens (including phenoxy) is 1. The summed E-state index contributed by atoms with van der Waals surface area (Å²) in [5, 5.41) is 9.25. The van der Waals surface area contributed by atoms with Gasteiger partial charge in [-0.1, -0.05) is 12.1 Å². The summed E-state index contributed by atoms with van der Waals surface area (Å²) in [6.45, 7) is 2.96. The highest BCUT2D eigenvalue weighted by Gasteiger charge is 2.47. The first-order chi connectivity index (χ1) is 11.7. The van der Waals surface area contributed by atoms with Crippen LogP contribution in [0.25, 0.3) is 0 Å². The second-order valence-corrected chi connectivity index (χ2v) is 5.84. The molecule has 0 saturated carbocycles. The summed E-state index contributed by atoms with van der Waals surface area (Å²) in [6, 6.07) is 6.78. The van der Waals surface area contributed by atoms with E-state index in [0.717, 1.165) is 0 Å². The molecule has 1 aromatic heterocycles. The van der Waals surface area contributed by atoms with E-state index >= 15 is 0 Å². The minimum atomic E-state index is -1.81. The first kappa shape index (κ1) is 16.5. The summed E-state index contributed by atoms with van der Waals surface area (Å²) < 4.78 is 6.92. The number of nitrogens with zero attached hydrogens (tertiary/aromatic N) is 2. The van der Waals surface area contributed by atoms with Gasteiger partial charge in [0.05, 0.1) is 17.1 Å². The van der Waals surface area contributed by atoms with Gasteiger partial charge in [0.2, 0.25) is 0 Å². The lowest BCUT2D eigenvalue weighted by Crippen LogP contribution is -2.56. The lowest BCUT2D eigenvalue weighted by Gasteiger charge is -2.33. The molecule has 2 heterocycles. The van der Waals surface area contributed by atoms with Crippen molar-refractivity contribution in [1.29, 1.82) is 0 Å². The summed E-state index contributed by atoms with van der Waals surface area (Å²) in [6.07, 6.45) is 0. The smallest absolute Gasteiger partial charge is 0.278 e. The molecule has 2 aromatic rings. The Labute approximate surface area is 143 Å². The van der Waals surface area contributed by atoms with Crippen molar-refractivity contribution in [3.8, 4) is 5.75 Å². The summed E-state index contributed by atoms with van der Waals surface area (Å²) >= 11 is 0. The zero-order valence-corrected chi connectivity index (χ0v) is 13.9. The number of hydrogen-bond acceptors (Lipinski definition) is 5. The number of aryl methyl sites for hydroxylation is 2. The molecule has 1 aliphatic heterocycles. The zero-order valence-electron chi connectivity index (χ0n) is 13.9. The van der Waals surface area contributed by atoms with E-state index in [9.17, 15) is 14.4 Å². The number of carbonyl (C=O) groups is 3. The molecule has 0 unspecified atom stereocenters. The number of amides is 3. The molecule has 0 spiro atoms. The summed E-state index contributed by atoms with van der Waals surface area (Å²) in [7, 11) is 1.53. The fraction of sp³-hybridized carbons (Fsp3) is 0.250. The molecule has 0 aliphatic carbocycles. The van der Waals surface area contributed by atoms with E-state index in [1.807, 2.05) is 0 Å². The Morgan fingerprint density at radius 2 is 2.04 bits per heavy atom. The molecular formula is C16H17N5O4. The summed E-state index contributed by atoms with van der Waals surface area (Å²) in [5.41, 5.74) is 4.59. The number of anilines is 2. The van der Waals surface area contributed by atoms with Crippen molar-refractivity contribution in [2.45, 2.75) is 19.4 Å². The van der Waals surface area contributed by atoms with Crippen LogP contribution in [-0.2, 0) is 16.6 Å². The van der Waals surface area contributed by atoms with E-state index in [1.54, 1.807) is 31.2 Å². The van der Waals surface area contributed by atoms with Crippen LogP contribution in [0.1, 0.15) is 23.1 Å². The molecule has 3 amide bonds. The molecule has 1 aromatic carbocycles. The Morgan fingerprint density at radius 3 is 2.72 bits per heavy atom. The Kier molecular flexibility index (Phi) is 3.71. The molecule has 25 heavy (non-hydrogen) atoms. The molecule has 1 atom stereocenters. The number of aromatic nitrogens is 2. The highest BCUT2D eigenvalue weighted by molar-refractivity contribution is 6.19. The second-order valence-electron chi connectivity index (χ2n) is 5.84. The van der Waals surface area contributed by atoms with Gasteiger partial charge < -0.3 is 21.1 Å². The number of carbonyl (C=O) groups excluding carboxylic acids is 3. The maximum absolute atomic E-state index is 12.8. The third kappa shape index (κ3) is 2.59. The quantitative estimate of drug-likeness (QED) is 0.701. The third-order valence-corrected chi connectivity index (χ3v) is 4.01. The second kappa shape index (κ2) is 5.62. The minimum Gasteiger partial charge on any atom is -0.466 e. The van der Waals surface area contributed by atoms with Crippen LogP contribution in [0.2, 0.25) is 0 Å². The van der Waals surface area contributed by atoms with Gasteiger partial charge in [-0.15, -0.1) is 0 Å². The Hall–Kier alpha value is -3.36. The Balaban J connectivity index is 1.94. The number of nitrogens with two attached hydrogens (primary N) is 1. The van der Waals surface area contributed by atoms with Crippen molar-refractivity contribution >= 4 is 29.1 Å². The predicted molar refractivity (Wildman–Crippen MR) is 89.2 cm³/mol. The fourth-order valence-corrected chi connectivity index (χ4v) is 2.64. The van der Waals surface area contributed by atoms with Crippen LogP contribution in [0.15, 0.2) is 24.3 Å². The standard InChI is InChI=1S/C16H17N5O4/c1-8-11(12(13(17)22)21(3)20-8)19-15(24)16(2)14(23)18-9-6-4-5-7-10(9)25-16/h4-7H,1-3H3,(H2,17,22)(H,18,23)(H,19,24)/t16-/m1/s1. The van der Waals surface area contributed by atoms with Gasteiger partial charge in [0.25, 0.3) is 23.3 Å². The third-order valence-electron chi connectivity index (χ3n) is 4.01. The molecule has 0 radical (unpaired) electrons. The number of nitrogens with one attached hydrogen (secondary N) is 2. The normalized spacial score (nSPS) is 18.8. The average molecular weight is 343 g/mol. The Morgan fingerprint density at radius 1 is 1.36 bits per heavy atom. The topological polar surface area (TPSA) is 128 Å². The molecule has 3 rings (SSSR count). The predicted octanol–water partition coefficient (Wildman–Crippen LogP) is 0.556. The van der Waals surface area contributed by atoms with Crippen molar-refractivity contribution < 1.29 is 19.1 Å². The van der Waals surface area contributed by atoms with Gasteiger partial charge >= 0.3 is 0 Å². The van der Waals surface area contributed by atoms with Gasteiger partial charge in [0.15, 0.2) is 0 Å². The number of hydrogen-bond donors (Lipinski definition) is 3.